The van der Waals surface area contributed by atoms with Gasteiger partial charge in [0.25, 0.3) is 0 Å². The first kappa shape index (κ1) is 19.2. The standard InChI is InChI=1S/C21H34N4OS/c1-22-20(25-10-9-21(17-25)7-3-2-4-8-21)23-16-18(19-6-5-15-27-19)24-11-13-26-14-12-24/h5-6,15,18H,2-4,7-14,16-17H2,1H3,(H,22,23). The molecule has 1 saturated carbocycles. The fraction of sp³-hybridized carbons (Fsp3) is 0.762. The molecule has 2 aliphatic heterocycles. The highest BCUT2D eigenvalue weighted by molar-refractivity contribution is 7.10. The average Bonchev–Trinajstić information content (AvgIpc) is 3.38. The minimum Gasteiger partial charge on any atom is -0.379 e. The van der Waals surface area contributed by atoms with Crippen molar-refractivity contribution in [1.29, 1.82) is 0 Å². The van der Waals surface area contributed by atoms with Crippen molar-refractivity contribution in [2.45, 2.75) is 44.6 Å². The van der Waals surface area contributed by atoms with Crippen LogP contribution in [0.2, 0.25) is 0 Å². The Balaban J connectivity index is 1.38. The van der Waals surface area contributed by atoms with Crippen molar-refractivity contribution in [3.05, 3.63) is 22.4 Å². The van der Waals surface area contributed by atoms with Crippen LogP contribution in [0.4, 0.5) is 0 Å². The SMILES string of the molecule is CN=C(NCC(c1cccs1)N1CCOCC1)N1CCC2(CCCCC2)C1. The van der Waals surface area contributed by atoms with Crippen molar-refractivity contribution in [2.75, 3.05) is 53.0 Å². The van der Waals surface area contributed by atoms with Crippen LogP contribution in [-0.4, -0.2) is 68.7 Å². The summed E-state index contributed by atoms with van der Waals surface area (Å²) in [6.45, 7) is 6.95. The molecule has 1 aromatic rings. The zero-order chi connectivity index (χ0) is 18.5. The molecule has 2 saturated heterocycles. The first-order valence-electron chi connectivity index (χ1n) is 10.6. The van der Waals surface area contributed by atoms with Gasteiger partial charge in [-0.3, -0.25) is 9.89 Å². The normalized spacial score (nSPS) is 25.1. The molecule has 3 aliphatic rings. The number of nitrogens with zero attached hydrogens (tertiary/aromatic N) is 3. The molecule has 1 atom stereocenters. The van der Waals surface area contributed by atoms with Gasteiger partial charge in [-0.15, -0.1) is 11.3 Å². The Morgan fingerprint density at radius 1 is 1.22 bits per heavy atom. The number of rotatable bonds is 4. The second-order valence-corrected chi connectivity index (χ2v) is 9.32. The number of hydrogen-bond acceptors (Lipinski definition) is 4. The molecule has 1 unspecified atom stereocenters. The Morgan fingerprint density at radius 2 is 2.04 bits per heavy atom. The lowest BCUT2D eigenvalue weighted by molar-refractivity contribution is 0.0176. The van der Waals surface area contributed by atoms with Crippen molar-refractivity contribution in [2.24, 2.45) is 10.4 Å². The number of thiophene rings is 1. The van der Waals surface area contributed by atoms with Crippen LogP contribution in [0.5, 0.6) is 0 Å². The van der Waals surface area contributed by atoms with Gasteiger partial charge in [-0.25, -0.2) is 0 Å². The fourth-order valence-corrected chi connectivity index (χ4v) is 5.99. The van der Waals surface area contributed by atoms with Crippen molar-refractivity contribution < 1.29 is 4.74 Å². The highest BCUT2D eigenvalue weighted by Gasteiger charge is 2.39. The molecule has 1 aliphatic carbocycles. The molecule has 0 radical (unpaired) electrons. The van der Waals surface area contributed by atoms with Gasteiger partial charge in [0.2, 0.25) is 0 Å². The quantitative estimate of drug-likeness (QED) is 0.632. The summed E-state index contributed by atoms with van der Waals surface area (Å²) in [5, 5.41) is 5.90. The molecule has 27 heavy (non-hydrogen) atoms. The number of hydrogen-bond donors (Lipinski definition) is 1. The molecule has 6 heteroatoms. The molecule has 3 heterocycles. The van der Waals surface area contributed by atoms with Crippen LogP contribution in [0.15, 0.2) is 22.5 Å². The third-order valence-corrected chi connectivity index (χ3v) is 7.65. The first-order chi connectivity index (χ1) is 13.3. The Kier molecular flexibility index (Phi) is 6.35. The molecule has 0 bridgehead atoms. The Hall–Kier alpha value is -1.11. The summed E-state index contributed by atoms with van der Waals surface area (Å²) in [6, 6.07) is 4.83. The molecule has 1 aromatic heterocycles. The zero-order valence-electron chi connectivity index (χ0n) is 16.7. The lowest BCUT2D eigenvalue weighted by Gasteiger charge is -2.36. The molecular weight excluding hydrogens is 356 g/mol. The Labute approximate surface area is 167 Å². The van der Waals surface area contributed by atoms with Crippen molar-refractivity contribution in [3.63, 3.8) is 0 Å². The van der Waals surface area contributed by atoms with Crippen LogP contribution in [-0.2, 0) is 4.74 Å². The first-order valence-corrected chi connectivity index (χ1v) is 11.5. The minimum atomic E-state index is 0.400. The van der Waals surface area contributed by atoms with Crippen molar-refractivity contribution in [1.82, 2.24) is 15.1 Å². The summed E-state index contributed by atoms with van der Waals surface area (Å²) in [7, 11) is 1.93. The second kappa shape index (κ2) is 8.93. The third kappa shape index (κ3) is 4.49. The molecule has 150 valence electrons. The summed E-state index contributed by atoms with van der Waals surface area (Å²) in [6.07, 6.45) is 8.41. The largest absolute Gasteiger partial charge is 0.379 e. The number of guanidine groups is 1. The molecular formula is C21H34N4OS. The number of morpholine rings is 1. The molecule has 5 nitrogen and oxygen atoms in total. The number of aliphatic imine (C=N–C) groups is 1. The topological polar surface area (TPSA) is 40.1 Å². The maximum atomic E-state index is 5.57. The lowest BCUT2D eigenvalue weighted by Crippen LogP contribution is -2.47. The lowest BCUT2D eigenvalue weighted by atomic mass is 9.73. The molecule has 3 fully saturated rings. The van der Waals surface area contributed by atoms with E-state index in [1.807, 2.05) is 18.4 Å². The van der Waals surface area contributed by atoms with E-state index >= 15 is 0 Å². The summed E-state index contributed by atoms with van der Waals surface area (Å²) >= 11 is 1.86. The van der Waals surface area contributed by atoms with Crippen LogP contribution in [0.1, 0.15) is 49.4 Å². The van der Waals surface area contributed by atoms with Gasteiger partial charge in [0.15, 0.2) is 5.96 Å². The summed E-state index contributed by atoms with van der Waals surface area (Å²) < 4.78 is 5.57. The third-order valence-electron chi connectivity index (χ3n) is 6.68. The highest BCUT2D eigenvalue weighted by atomic mass is 32.1. The molecule has 0 amide bonds. The van der Waals surface area contributed by atoms with Crippen molar-refractivity contribution >= 4 is 17.3 Å². The van der Waals surface area contributed by atoms with Crippen molar-refractivity contribution in [3.8, 4) is 0 Å². The van der Waals surface area contributed by atoms with Gasteiger partial charge in [-0.2, -0.15) is 0 Å². The van der Waals surface area contributed by atoms with Gasteiger partial charge >= 0.3 is 0 Å². The molecule has 1 spiro atoms. The van der Waals surface area contributed by atoms with Gasteiger partial charge in [0.1, 0.15) is 0 Å². The molecule has 4 rings (SSSR count). The van der Waals surface area contributed by atoms with E-state index in [-0.39, 0.29) is 0 Å². The summed E-state index contributed by atoms with van der Waals surface area (Å²) in [5.41, 5.74) is 0.563. The molecule has 1 N–H and O–H groups in total. The minimum absolute atomic E-state index is 0.400. The van der Waals surface area contributed by atoms with E-state index in [2.05, 4.69) is 37.6 Å². The van der Waals surface area contributed by atoms with E-state index in [0.717, 1.165) is 45.4 Å². The van der Waals surface area contributed by atoms with Gasteiger partial charge in [-0.05, 0) is 36.1 Å². The fourth-order valence-electron chi connectivity index (χ4n) is 5.13. The summed E-state index contributed by atoms with van der Waals surface area (Å²) in [4.78, 5) is 11.1. The van der Waals surface area contributed by atoms with Gasteiger partial charge in [-0.1, -0.05) is 25.3 Å². The average molecular weight is 391 g/mol. The monoisotopic (exact) mass is 390 g/mol. The predicted octanol–water partition coefficient (Wildman–Crippen LogP) is 3.35. The summed E-state index contributed by atoms with van der Waals surface area (Å²) in [5.74, 6) is 1.09. The van der Waals surface area contributed by atoms with Gasteiger partial charge in [0.05, 0.1) is 19.3 Å². The van der Waals surface area contributed by atoms with E-state index in [9.17, 15) is 0 Å². The number of likely N-dealkylation sites (tertiary alicyclic amines) is 1. The Bertz CT molecular complexity index is 606. The van der Waals surface area contributed by atoms with Crippen LogP contribution in [0, 0.1) is 5.41 Å². The maximum absolute atomic E-state index is 5.57. The maximum Gasteiger partial charge on any atom is 0.193 e. The van der Waals surface area contributed by atoms with Crippen LogP contribution < -0.4 is 5.32 Å². The molecule has 0 aromatic carbocycles. The van der Waals surface area contributed by atoms with E-state index in [0.29, 0.717) is 11.5 Å². The van der Waals surface area contributed by atoms with Crippen LogP contribution >= 0.6 is 11.3 Å². The highest BCUT2D eigenvalue weighted by Crippen LogP contribution is 2.43. The predicted molar refractivity (Wildman–Crippen MR) is 113 cm³/mol. The van der Waals surface area contributed by atoms with E-state index in [4.69, 9.17) is 4.74 Å². The van der Waals surface area contributed by atoms with E-state index in [1.54, 1.807) is 0 Å². The Morgan fingerprint density at radius 3 is 2.74 bits per heavy atom. The van der Waals surface area contributed by atoms with Crippen LogP contribution in [0.25, 0.3) is 0 Å². The van der Waals surface area contributed by atoms with Gasteiger partial charge in [0, 0.05) is 44.6 Å². The van der Waals surface area contributed by atoms with E-state index in [1.165, 1.54) is 49.9 Å². The number of ether oxygens (including phenoxy) is 1. The zero-order valence-corrected chi connectivity index (χ0v) is 17.5. The van der Waals surface area contributed by atoms with Crippen LogP contribution in [0.3, 0.4) is 0 Å². The smallest absolute Gasteiger partial charge is 0.193 e. The van der Waals surface area contributed by atoms with Gasteiger partial charge < -0.3 is 15.0 Å². The van der Waals surface area contributed by atoms with E-state index < -0.39 is 0 Å². The number of nitrogens with one attached hydrogen (secondary N) is 1. The second-order valence-electron chi connectivity index (χ2n) is 8.34.